The van der Waals surface area contributed by atoms with Gasteiger partial charge in [0.2, 0.25) is 0 Å². The first-order valence-electron chi connectivity index (χ1n) is 2.79. The van der Waals surface area contributed by atoms with E-state index in [9.17, 15) is 0 Å². The van der Waals surface area contributed by atoms with Gasteiger partial charge in [0, 0.05) is 0 Å². The maximum atomic E-state index is 8.22. The van der Waals surface area contributed by atoms with Crippen molar-refractivity contribution in [3.63, 3.8) is 0 Å². The predicted octanol–water partition coefficient (Wildman–Crippen LogP) is -2.00. The molecule has 0 atom stereocenters. The summed E-state index contributed by atoms with van der Waals surface area (Å²) in [7, 11) is -0.931. The van der Waals surface area contributed by atoms with Gasteiger partial charge >= 0.3 is 10.0 Å². The van der Waals surface area contributed by atoms with Crippen LogP contribution >= 0.6 is 0 Å². The van der Waals surface area contributed by atoms with Crippen LogP contribution in [-0.2, 0) is 8.85 Å². The summed E-state index contributed by atoms with van der Waals surface area (Å²) in [6, 6.07) is 0. The lowest BCUT2D eigenvalue weighted by Crippen LogP contribution is -2.10. The van der Waals surface area contributed by atoms with E-state index >= 15 is 0 Å². The minimum Gasteiger partial charge on any atom is -0.396 e. The summed E-state index contributed by atoms with van der Waals surface area (Å²) in [5, 5.41) is 16.4. The van der Waals surface area contributed by atoms with Crippen molar-refractivity contribution in [3.05, 3.63) is 0 Å². The Morgan fingerprint density at radius 1 is 1.00 bits per heavy atom. The van der Waals surface area contributed by atoms with Crippen LogP contribution < -0.4 is 0 Å². The Bertz CT molecular complexity index is 45.8. The van der Waals surface area contributed by atoms with Crippen LogP contribution in [0.25, 0.3) is 0 Å². The van der Waals surface area contributed by atoms with Gasteiger partial charge in [-0.3, -0.25) is 0 Å². The Morgan fingerprint density at radius 3 is 1.78 bits per heavy atom. The highest BCUT2D eigenvalue weighted by molar-refractivity contribution is 6.17. The second-order valence-corrected chi connectivity index (χ2v) is 2.43. The number of aliphatic hydroxyl groups excluding tert-OH is 2. The summed E-state index contributed by atoms with van der Waals surface area (Å²) in [5.41, 5.74) is 0. The molecule has 0 aliphatic heterocycles. The third kappa shape index (κ3) is 8.06. The molecule has 4 nitrogen and oxygen atoms in total. The summed E-state index contributed by atoms with van der Waals surface area (Å²) in [5.74, 6) is 0. The molecule has 0 radical (unpaired) electrons. The molecule has 5 heteroatoms. The normalized spacial score (nSPS) is 10.0. The fraction of sp³-hybridized carbons (Fsp3) is 1.00. The van der Waals surface area contributed by atoms with Crippen molar-refractivity contribution in [1.29, 1.82) is 0 Å². The monoisotopic (exact) mass is 152 g/mol. The fourth-order valence-corrected chi connectivity index (χ4v) is 0.918. The van der Waals surface area contributed by atoms with Gasteiger partial charge in [0.25, 0.3) is 0 Å². The SMILES string of the molecule is OCCO[SiH2]OCCO. The average molecular weight is 152 g/mol. The fourth-order valence-electron chi connectivity index (χ4n) is 0.306. The van der Waals surface area contributed by atoms with Gasteiger partial charge in [-0.15, -0.1) is 0 Å². The zero-order valence-electron chi connectivity index (χ0n) is 5.25. The molecule has 0 aromatic rings. The topological polar surface area (TPSA) is 58.9 Å². The molecular formula is C4H12O4Si. The quantitative estimate of drug-likeness (QED) is 0.341. The van der Waals surface area contributed by atoms with Crippen molar-refractivity contribution < 1.29 is 19.1 Å². The van der Waals surface area contributed by atoms with Crippen LogP contribution in [0.4, 0.5) is 0 Å². The highest BCUT2D eigenvalue weighted by atomic mass is 28.3. The summed E-state index contributed by atoms with van der Waals surface area (Å²) in [6.07, 6.45) is 0. The van der Waals surface area contributed by atoms with E-state index in [1.54, 1.807) is 0 Å². The first-order chi connectivity index (χ1) is 4.41. The van der Waals surface area contributed by atoms with Gasteiger partial charge in [-0.2, -0.15) is 0 Å². The van der Waals surface area contributed by atoms with Crippen LogP contribution in [0.5, 0.6) is 0 Å². The van der Waals surface area contributed by atoms with Crippen molar-refractivity contribution in [2.75, 3.05) is 26.4 Å². The summed E-state index contributed by atoms with van der Waals surface area (Å²) in [4.78, 5) is 0. The Balaban J connectivity index is 2.60. The molecule has 0 aromatic carbocycles. The Morgan fingerprint density at radius 2 is 1.44 bits per heavy atom. The van der Waals surface area contributed by atoms with E-state index in [2.05, 4.69) is 0 Å². The molecule has 0 fully saturated rings. The van der Waals surface area contributed by atoms with Gasteiger partial charge in [0.1, 0.15) is 0 Å². The molecule has 0 saturated heterocycles. The second-order valence-electron chi connectivity index (χ2n) is 1.38. The summed E-state index contributed by atoms with van der Waals surface area (Å²) >= 11 is 0. The molecule has 0 aliphatic carbocycles. The molecule has 56 valence electrons. The Kier molecular flexibility index (Phi) is 8.11. The largest absolute Gasteiger partial charge is 0.396 e. The lowest BCUT2D eigenvalue weighted by molar-refractivity contribution is 0.147. The van der Waals surface area contributed by atoms with Crippen molar-refractivity contribution >= 4 is 10.0 Å². The van der Waals surface area contributed by atoms with E-state index in [-0.39, 0.29) is 13.2 Å². The smallest absolute Gasteiger partial charge is 0.304 e. The molecule has 0 heterocycles. The Labute approximate surface area is 56.5 Å². The van der Waals surface area contributed by atoms with E-state index < -0.39 is 10.0 Å². The third-order valence-corrected chi connectivity index (χ3v) is 1.55. The van der Waals surface area contributed by atoms with Gasteiger partial charge in [-0.25, -0.2) is 0 Å². The van der Waals surface area contributed by atoms with E-state index in [0.717, 1.165) is 0 Å². The first-order valence-corrected chi connectivity index (χ1v) is 3.94. The van der Waals surface area contributed by atoms with Crippen LogP contribution in [0, 0.1) is 0 Å². The van der Waals surface area contributed by atoms with Gasteiger partial charge in [0.05, 0.1) is 26.4 Å². The minimum absolute atomic E-state index is 0.0372. The van der Waals surface area contributed by atoms with E-state index in [1.165, 1.54) is 0 Å². The van der Waals surface area contributed by atoms with E-state index in [1.807, 2.05) is 0 Å². The molecule has 0 spiro atoms. The van der Waals surface area contributed by atoms with Crippen molar-refractivity contribution in [2.24, 2.45) is 0 Å². The molecule has 0 unspecified atom stereocenters. The van der Waals surface area contributed by atoms with Crippen LogP contribution in [0.2, 0.25) is 0 Å². The maximum Gasteiger partial charge on any atom is 0.304 e. The minimum atomic E-state index is -0.931. The highest BCUT2D eigenvalue weighted by Crippen LogP contribution is 1.72. The first kappa shape index (κ1) is 9.06. The molecule has 2 N–H and O–H groups in total. The lowest BCUT2D eigenvalue weighted by Gasteiger charge is -2.00. The van der Waals surface area contributed by atoms with Crippen LogP contribution in [0.1, 0.15) is 0 Å². The van der Waals surface area contributed by atoms with Crippen molar-refractivity contribution in [1.82, 2.24) is 0 Å². The number of rotatable bonds is 6. The number of hydrogen-bond acceptors (Lipinski definition) is 4. The summed E-state index contributed by atoms with van der Waals surface area (Å²) < 4.78 is 9.68. The van der Waals surface area contributed by atoms with Crippen LogP contribution in [-0.4, -0.2) is 46.6 Å². The third-order valence-electron chi connectivity index (χ3n) is 0.638. The van der Waals surface area contributed by atoms with Gasteiger partial charge in [-0.05, 0) is 0 Å². The molecule has 0 bridgehead atoms. The van der Waals surface area contributed by atoms with Crippen LogP contribution in [0.3, 0.4) is 0 Å². The van der Waals surface area contributed by atoms with Gasteiger partial charge in [0.15, 0.2) is 0 Å². The predicted molar refractivity (Wildman–Crippen MR) is 34.6 cm³/mol. The number of hydrogen-bond donors (Lipinski definition) is 2. The lowest BCUT2D eigenvalue weighted by atomic mass is 10.8. The summed E-state index contributed by atoms with van der Waals surface area (Å²) in [6.45, 7) is 0.764. The van der Waals surface area contributed by atoms with E-state index in [0.29, 0.717) is 13.2 Å². The molecule has 0 aromatic heterocycles. The van der Waals surface area contributed by atoms with E-state index in [4.69, 9.17) is 19.1 Å². The Hall–Kier alpha value is 0.0569. The molecule has 0 amide bonds. The molecule has 0 rings (SSSR count). The highest BCUT2D eigenvalue weighted by Gasteiger charge is 1.86. The van der Waals surface area contributed by atoms with Gasteiger partial charge < -0.3 is 19.1 Å². The molecule has 0 aliphatic rings. The second kappa shape index (κ2) is 8.06. The molecule has 9 heavy (non-hydrogen) atoms. The molecular weight excluding hydrogens is 140 g/mol. The average Bonchev–Trinajstić information content (AvgIpc) is 1.89. The van der Waals surface area contributed by atoms with Crippen molar-refractivity contribution in [2.45, 2.75) is 0 Å². The maximum absolute atomic E-state index is 8.22. The standard InChI is InChI=1S/C4H12O4Si/c5-1-3-7-9-8-4-2-6/h5-6H,1-4,9H2. The number of aliphatic hydroxyl groups is 2. The zero-order chi connectivity index (χ0) is 6.95. The zero-order valence-corrected chi connectivity index (χ0v) is 6.66. The van der Waals surface area contributed by atoms with Crippen molar-refractivity contribution in [3.8, 4) is 0 Å². The van der Waals surface area contributed by atoms with Crippen LogP contribution in [0.15, 0.2) is 0 Å². The van der Waals surface area contributed by atoms with Gasteiger partial charge in [-0.1, -0.05) is 0 Å². The molecule has 0 saturated carbocycles.